The molecule has 0 unspecified atom stereocenters. The molecule has 1 aliphatic carbocycles. The lowest BCUT2D eigenvalue weighted by atomic mass is 9.73. The fourth-order valence-corrected chi connectivity index (χ4v) is 8.12. The van der Waals surface area contributed by atoms with E-state index in [1.807, 2.05) is 36.4 Å². The number of thiophene rings is 1. The Morgan fingerprint density at radius 3 is 1.91 bits per heavy atom. The molecule has 1 aliphatic heterocycles. The van der Waals surface area contributed by atoms with Crippen LogP contribution in [0.5, 0.6) is 0 Å². The van der Waals surface area contributed by atoms with E-state index in [0.29, 0.717) is 23.0 Å². The molecule has 7 rings (SSSR count). The highest BCUT2D eigenvalue weighted by Gasteiger charge is 2.38. The molecule has 0 saturated heterocycles. The van der Waals surface area contributed by atoms with Gasteiger partial charge in [-0.2, -0.15) is 0 Å². The lowest BCUT2D eigenvalue weighted by Crippen LogP contribution is -2.30. The van der Waals surface area contributed by atoms with E-state index >= 15 is 0 Å². The standard InChI is InChI=1S/C39H34BNO2S/c1-21(2)27-12-9-13-28(22(3)4)35(27)25-14-15-34-32(18-25)39(5,6)33-20-26(44-38(33)41(34)40)19-31-36(42)29-16-23-10-7-8-11-24(23)17-30(29)37(31)43/h7-22H,1-6H3. The minimum Gasteiger partial charge on any atom is -0.389 e. The highest BCUT2D eigenvalue weighted by Crippen LogP contribution is 2.53. The van der Waals surface area contributed by atoms with Gasteiger partial charge in [-0.1, -0.05) is 90.1 Å². The summed E-state index contributed by atoms with van der Waals surface area (Å²) in [5.41, 5.74) is 9.23. The van der Waals surface area contributed by atoms with Crippen LogP contribution < -0.4 is 4.81 Å². The summed E-state index contributed by atoms with van der Waals surface area (Å²) < 4.78 is 0. The monoisotopic (exact) mass is 591 g/mol. The summed E-state index contributed by atoms with van der Waals surface area (Å²) in [6, 6.07) is 26.9. The average molecular weight is 592 g/mol. The Labute approximate surface area is 264 Å². The van der Waals surface area contributed by atoms with Crippen LogP contribution in [0.3, 0.4) is 0 Å². The smallest absolute Gasteiger partial charge is 0.235 e. The van der Waals surface area contributed by atoms with E-state index in [2.05, 4.69) is 84.0 Å². The molecule has 3 nitrogen and oxygen atoms in total. The molecule has 0 amide bonds. The first-order valence-electron chi connectivity index (χ1n) is 15.3. The van der Waals surface area contributed by atoms with Gasteiger partial charge in [-0.25, -0.2) is 0 Å². The van der Waals surface area contributed by atoms with Crippen LogP contribution in [0.15, 0.2) is 84.4 Å². The Morgan fingerprint density at radius 2 is 1.34 bits per heavy atom. The molecule has 0 saturated carbocycles. The Morgan fingerprint density at radius 1 is 0.750 bits per heavy atom. The van der Waals surface area contributed by atoms with Crippen LogP contribution in [0.2, 0.25) is 0 Å². The van der Waals surface area contributed by atoms with Gasteiger partial charge in [-0.15, -0.1) is 11.3 Å². The predicted molar refractivity (Wildman–Crippen MR) is 185 cm³/mol. The Balaban J connectivity index is 1.31. The van der Waals surface area contributed by atoms with Crippen LogP contribution in [0.4, 0.5) is 10.7 Å². The normalized spacial score (nSPS) is 15.3. The van der Waals surface area contributed by atoms with Crippen LogP contribution in [-0.4, -0.2) is 19.5 Å². The molecule has 44 heavy (non-hydrogen) atoms. The number of hydrogen-bond acceptors (Lipinski definition) is 4. The summed E-state index contributed by atoms with van der Waals surface area (Å²) in [5.74, 6) is 0.346. The van der Waals surface area contributed by atoms with E-state index in [0.717, 1.165) is 37.5 Å². The summed E-state index contributed by atoms with van der Waals surface area (Å²) in [7, 11) is 6.82. The van der Waals surface area contributed by atoms with E-state index < -0.39 is 0 Å². The summed E-state index contributed by atoms with van der Waals surface area (Å²) in [6.45, 7) is 13.5. The molecule has 0 atom stereocenters. The molecule has 2 radical (unpaired) electrons. The molecule has 5 aromatic rings. The molecule has 4 aromatic carbocycles. The number of carbonyl (C=O) groups is 2. The molecule has 5 heteroatoms. The third-order valence-corrected chi connectivity index (χ3v) is 10.4. The van der Waals surface area contributed by atoms with Crippen molar-refractivity contribution >= 4 is 58.4 Å². The van der Waals surface area contributed by atoms with Gasteiger partial charge in [0.2, 0.25) is 7.98 Å². The van der Waals surface area contributed by atoms with E-state index in [4.69, 9.17) is 7.98 Å². The van der Waals surface area contributed by atoms with Gasteiger partial charge in [-0.3, -0.25) is 9.59 Å². The maximum absolute atomic E-state index is 13.5. The van der Waals surface area contributed by atoms with Crippen LogP contribution in [0.1, 0.15) is 101 Å². The number of Topliss-reactive ketones (excluding diaryl/α,β-unsaturated/α-hetero) is 2. The number of ketones is 2. The van der Waals surface area contributed by atoms with Crippen molar-refractivity contribution in [2.75, 3.05) is 4.81 Å². The number of carbonyl (C=O) groups excluding carboxylic acids is 2. The van der Waals surface area contributed by atoms with E-state index in [-0.39, 0.29) is 22.6 Å². The van der Waals surface area contributed by atoms with Gasteiger partial charge in [0.25, 0.3) is 0 Å². The fourth-order valence-electron chi connectivity index (χ4n) is 6.92. The maximum atomic E-state index is 13.5. The summed E-state index contributed by atoms with van der Waals surface area (Å²) in [5, 5.41) is 2.83. The Kier molecular flexibility index (Phi) is 6.60. The van der Waals surface area contributed by atoms with Crippen LogP contribution >= 0.6 is 11.3 Å². The van der Waals surface area contributed by atoms with Crippen molar-refractivity contribution in [2.24, 2.45) is 0 Å². The molecule has 0 N–H and O–H groups in total. The summed E-state index contributed by atoms with van der Waals surface area (Å²) in [4.78, 5) is 29.6. The molecule has 216 valence electrons. The zero-order valence-corrected chi connectivity index (χ0v) is 26.8. The first-order valence-corrected chi connectivity index (χ1v) is 16.1. The van der Waals surface area contributed by atoms with Gasteiger partial charge < -0.3 is 4.81 Å². The van der Waals surface area contributed by atoms with Crippen LogP contribution in [-0.2, 0) is 5.41 Å². The largest absolute Gasteiger partial charge is 0.389 e. The van der Waals surface area contributed by atoms with Crippen molar-refractivity contribution in [1.29, 1.82) is 0 Å². The first-order chi connectivity index (χ1) is 21.0. The zero-order valence-electron chi connectivity index (χ0n) is 26.0. The fraction of sp³-hybridized carbons (Fsp3) is 0.231. The van der Waals surface area contributed by atoms with Crippen LogP contribution in [0.25, 0.3) is 28.0 Å². The van der Waals surface area contributed by atoms with Gasteiger partial charge in [0.05, 0.1) is 10.6 Å². The lowest BCUT2D eigenvalue weighted by Gasteiger charge is -2.39. The minimum absolute atomic E-state index is 0.210. The van der Waals surface area contributed by atoms with Gasteiger partial charge in [-0.05, 0) is 92.4 Å². The summed E-state index contributed by atoms with van der Waals surface area (Å²) in [6.07, 6.45) is 1.76. The van der Waals surface area contributed by atoms with Crippen molar-refractivity contribution < 1.29 is 9.59 Å². The molecular formula is C39H34BNO2S. The maximum Gasteiger partial charge on any atom is 0.235 e. The van der Waals surface area contributed by atoms with Crippen molar-refractivity contribution in [3.8, 4) is 11.1 Å². The first kappa shape index (κ1) is 28.5. The molecule has 1 aromatic heterocycles. The summed E-state index contributed by atoms with van der Waals surface area (Å²) >= 11 is 1.52. The van der Waals surface area contributed by atoms with E-state index in [1.165, 1.54) is 33.6 Å². The van der Waals surface area contributed by atoms with Gasteiger partial charge >= 0.3 is 0 Å². The second-order valence-electron chi connectivity index (χ2n) is 13.2. The second-order valence-corrected chi connectivity index (χ2v) is 14.2. The van der Waals surface area contributed by atoms with Gasteiger partial charge in [0, 0.05) is 27.1 Å². The third-order valence-electron chi connectivity index (χ3n) is 9.37. The minimum atomic E-state index is -0.348. The Hall–Kier alpha value is -4.22. The number of nitrogens with zero attached hydrogens (tertiary/aromatic N) is 1. The number of benzene rings is 4. The second kappa shape index (κ2) is 10.2. The van der Waals surface area contributed by atoms with Crippen molar-refractivity contribution in [1.82, 2.24) is 0 Å². The van der Waals surface area contributed by atoms with E-state index in [9.17, 15) is 9.59 Å². The number of fused-ring (bicyclic) bond motifs is 4. The molecular weight excluding hydrogens is 557 g/mol. The van der Waals surface area contributed by atoms with Crippen molar-refractivity contribution in [2.45, 2.75) is 58.8 Å². The third kappa shape index (κ3) is 4.24. The predicted octanol–water partition coefficient (Wildman–Crippen LogP) is 10.1. The quantitative estimate of drug-likeness (QED) is 0.119. The van der Waals surface area contributed by atoms with Crippen LogP contribution in [0, 0.1) is 0 Å². The molecule has 2 heterocycles. The number of rotatable bonds is 4. The molecule has 0 fully saturated rings. The number of hydrogen-bond donors (Lipinski definition) is 0. The highest BCUT2D eigenvalue weighted by molar-refractivity contribution is 7.17. The number of allylic oxidation sites excluding steroid dienone is 1. The molecule has 0 spiro atoms. The van der Waals surface area contributed by atoms with Crippen molar-refractivity contribution in [3.05, 3.63) is 123 Å². The average Bonchev–Trinajstić information content (AvgIpc) is 3.54. The molecule has 0 bridgehead atoms. The number of anilines is 2. The van der Waals surface area contributed by atoms with E-state index in [1.54, 1.807) is 10.9 Å². The lowest BCUT2D eigenvalue weighted by molar-refractivity contribution is 0.0990. The highest BCUT2D eigenvalue weighted by atomic mass is 32.1. The van der Waals surface area contributed by atoms with Crippen molar-refractivity contribution in [3.63, 3.8) is 0 Å². The van der Waals surface area contributed by atoms with Gasteiger partial charge in [0.1, 0.15) is 0 Å². The topological polar surface area (TPSA) is 37.4 Å². The zero-order chi connectivity index (χ0) is 31.1. The Bertz CT molecular complexity index is 1980. The SMILES string of the molecule is [B]N1c2ccc(-c3c(C(C)C)cccc3C(C)C)cc2C(C)(C)c2cc(C=C3C(=O)c4cc5ccccc5cc4C3=O)sc21. The van der Waals surface area contributed by atoms with Gasteiger partial charge in [0.15, 0.2) is 11.6 Å². The molecule has 2 aliphatic rings.